The van der Waals surface area contributed by atoms with Gasteiger partial charge in [-0.15, -0.1) is 11.3 Å². The Morgan fingerprint density at radius 2 is 0.720 bits per heavy atom. The Labute approximate surface area is 295 Å². The molecule has 0 unspecified atom stereocenters. The fraction of sp³-hybridized carbons (Fsp3) is 0. The normalized spacial score (nSPS) is 11.6. The molecule has 0 radical (unpaired) electrons. The average molecular weight is 654 g/mol. The standard InChI is InChI=1S/C48H31NS/c1-4-12-32(13-5-1)35-21-24-47-43(30-35)44-31-37(22-25-48(44)50-47)36-20-23-46-42(29-36)41-18-10-11-19-45(41)49(46)40-27-38(33-14-6-2-7-15-33)26-39(28-40)34-16-8-3-9-17-34/h1-31H. The number of rotatable bonds is 5. The molecule has 0 bridgehead atoms. The summed E-state index contributed by atoms with van der Waals surface area (Å²) in [4.78, 5) is 0. The second kappa shape index (κ2) is 11.7. The Morgan fingerprint density at radius 1 is 0.280 bits per heavy atom. The molecule has 234 valence electrons. The van der Waals surface area contributed by atoms with E-state index in [0.29, 0.717) is 0 Å². The SMILES string of the molecule is c1ccc(-c2cc(-c3ccccc3)cc(-n3c4ccccc4c4cc(-c5ccc6sc7ccc(-c8ccccc8)cc7c6c5)ccc43)c2)cc1. The molecule has 1 nitrogen and oxygen atoms in total. The van der Waals surface area contributed by atoms with Gasteiger partial charge in [-0.3, -0.25) is 0 Å². The van der Waals surface area contributed by atoms with E-state index < -0.39 is 0 Å². The van der Waals surface area contributed by atoms with Gasteiger partial charge in [0.2, 0.25) is 0 Å². The number of para-hydroxylation sites is 1. The lowest BCUT2D eigenvalue weighted by Gasteiger charge is -2.14. The molecule has 0 fully saturated rings. The molecule has 0 spiro atoms. The van der Waals surface area contributed by atoms with Gasteiger partial charge >= 0.3 is 0 Å². The zero-order valence-electron chi connectivity index (χ0n) is 27.3. The largest absolute Gasteiger partial charge is 0.309 e. The van der Waals surface area contributed by atoms with E-state index in [-0.39, 0.29) is 0 Å². The maximum Gasteiger partial charge on any atom is 0.0541 e. The number of nitrogens with zero attached hydrogens (tertiary/aromatic N) is 1. The summed E-state index contributed by atoms with van der Waals surface area (Å²) in [6.07, 6.45) is 0. The van der Waals surface area contributed by atoms with E-state index in [2.05, 4.69) is 193 Å². The second-order valence-corrected chi connectivity index (χ2v) is 14.1. The van der Waals surface area contributed by atoms with Crippen molar-refractivity contribution in [1.82, 2.24) is 4.57 Å². The van der Waals surface area contributed by atoms with E-state index in [4.69, 9.17) is 0 Å². The number of fused-ring (bicyclic) bond motifs is 6. The fourth-order valence-corrected chi connectivity index (χ4v) is 8.60. The summed E-state index contributed by atoms with van der Waals surface area (Å²) in [6, 6.07) is 68.7. The first-order chi connectivity index (χ1) is 24.8. The number of benzene rings is 8. The molecular formula is C48H31NS. The zero-order valence-corrected chi connectivity index (χ0v) is 28.1. The zero-order chi connectivity index (χ0) is 33.0. The lowest BCUT2D eigenvalue weighted by Crippen LogP contribution is -1.96. The van der Waals surface area contributed by atoms with Crippen molar-refractivity contribution in [3.63, 3.8) is 0 Å². The minimum atomic E-state index is 1.16. The monoisotopic (exact) mass is 653 g/mol. The lowest BCUT2D eigenvalue weighted by atomic mass is 9.98. The number of hydrogen-bond acceptors (Lipinski definition) is 1. The molecule has 2 heteroatoms. The van der Waals surface area contributed by atoms with Crippen LogP contribution in [0.1, 0.15) is 0 Å². The molecule has 10 rings (SSSR count). The van der Waals surface area contributed by atoms with Gasteiger partial charge in [-0.2, -0.15) is 0 Å². The first kappa shape index (κ1) is 28.8. The van der Waals surface area contributed by atoms with Gasteiger partial charge in [-0.1, -0.05) is 127 Å². The summed E-state index contributed by atoms with van der Waals surface area (Å²) in [5.41, 5.74) is 13.4. The Hall–Kier alpha value is -6.22. The topological polar surface area (TPSA) is 4.93 Å². The smallest absolute Gasteiger partial charge is 0.0541 e. The van der Waals surface area contributed by atoms with Crippen molar-refractivity contribution in [3.8, 4) is 50.2 Å². The molecule has 0 N–H and O–H groups in total. The fourth-order valence-electron chi connectivity index (χ4n) is 7.53. The van der Waals surface area contributed by atoms with Crippen LogP contribution in [0, 0.1) is 0 Å². The van der Waals surface area contributed by atoms with Crippen molar-refractivity contribution in [1.29, 1.82) is 0 Å². The molecular weight excluding hydrogens is 623 g/mol. The van der Waals surface area contributed by atoms with Gasteiger partial charge in [0, 0.05) is 36.6 Å². The number of hydrogen-bond donors (Lipinski definition) is 0. The molecule has 0 amide bonds. The summed E-state index contributed by atoms with van der Waals surface area (Å²) in [7, 11) is 0. The van der Waals surface area contributed by atoms with Crippen LogP contribution in [0.5, 0.6) is 0 Å². The van der Waals surface area contributed by atoms with E-state index in [0.717, 1.165) is 5.69 Å². The highest BCUT2D eigenvalue weighted by Gasteiger charge is 2.16. The van der Waals surface area contributed by atoms with Crippen LogP contribution < -0.4 is 0 Å². The Morgan fingerprint density at radius 3 is 1.30 bits per heavy atom. The van der Waals surface area contributed by atoms with Gasteiger partial charge in [0.05, 0.1) is 11.0 Å². The third-order valence-electron chi connectivity index (χ3n) is 9.97. The Kier molecular flexibility index (Phi) is 6.75. The van der Waals surface area contributed by atoms with Crippen molar-refractivity contribution in [2.45, 2.75) is 0 Å². The summed E-state index contributed by atoms with van der Waals surface area (Å²) in [6.45, 7) is 0. The summed E-state index contributed by atoms with van der Waals surface area (Å²) < 4.78 is 5.08. The van der Waals surface area contributed by atoms with E-state index in [9.17, 15) is 0 Å². The molecule has 50 heavy (non-hydrogen) atoms. The summed E-state index contributed by atoms with van der Waals surface area (Å²) in [5, 5.41) is 5.14. The van der Waals surface area contributed by atoms with Gasteiger partial charge in [-0.25, -0.2) is 0 Å². The molecule has 0 aliphatic carbocycles. The van der Waals surface area contributed by atoms with E-state index >= 15 is 0 Å². The highest BCUT2D eigenvalue weighted by molar-refractivity contribution is 7.25. The van der Waals surface area contributed by atoms with Crippen LogP contribution in [-0.2, 0) is 0 Å². The van der Waals surface area contributed by atoms with Gasteiger partial charge in [0.1, 0.15) is 0 Å². The number of aromatic nitrogens is 1. The van der Waals surface area contributed by atoms with Crippen LogP contribution in [0.2, 0.25) is 0 Å². The van der Waals surface area contributed by atoms with Crippen LogP contribution in [0.25, 0.3) is 92.2 Å². The lowest BCUT2D eigenvalue weighted by molar-refractivity contribution is 1.18. The predicted octanol–water partition coefficient (Wildman–Crippen LogP) is 13.8. The van der Waals surface area contributed by atoms with Gasteiger partial charge in [0.15, 0.2) is 0 Å². The summed E-state index contributed by atoms with van der Waals surface area (Å²) >= 11 is 1.87. The predicted molar refractivity (Wildman–Crippen MR) is 215 cm³/mol. The maximum atomic E-state index is 2.44. The molecule has 0 saturated heterocycles. The molecule has 2 aromatic heterocycles. The van der Waals surface area contributed by atoms with Gasteiger partial charge < -0.3 is 4.57 Å². The van der Waals surface area contributed by atoms with E-state index in [1.54, 1.807) is 0 Å². The van der Waals surface area contributed by atoms with Crippen molar-refractivity contribution in [2.24, 2.45) is 0 Å². The van der Waals surface area contributed by atoms with Gasteiger partial charge in [-0.05, 0) is 105 Å². The van der Waals surface area contributed by atoms with E-state index in [1.165, 1.54) is 86.5 Å². The number of thiophene rings is 1. The molecule has 8 aromatic carbocycles. The molecule has 0 atom stereocenters. The van der Waals surface area contributed by atoms with Gasteiger partial charge in [0.25, 0.3) is 0 Å². The van der Waals surface area contributed by atoms with Crippen LogP contribution >= 0.6 is 11.3 Å². The van der Waals surface area contributed by atoms with Crippen LogP contribution in [-0.4, -0.2) is 4.57 Å². The Balaban J connectivity index is 1.15. The first-order valence-electron chi connectivity index (χ1n) is 17.1. The maximum absolute atomic E-state index is 2.44. The third-order valence-corrected chi connectivity index (χ3v) is 11.1. The van der Waals surface area contributed by atoms with Crippen LogP contribution in [0.4, 0.5) is 0 Å². The van der Waals surface area contributed by atoms with E-state index in [1.807, 2.05) is 11.3 Å². The summed E-state index contributed by atoms with van der Waals surface area (Å²) in [5.74, 6) is 0. The van der Waals surface area contributed by atoms with Crippen LogP contribution in [0.15, 0.2) is 188 Å². The van der Waals surface area contributed by atoms with Crippen molar-refractivity contribution < 1.29 is 0 Å². The first-order valence-corrected chi connectivity index (χ1v) is 17.9. The van der Waals surface area contributed by atoms with Crippen molar-refractivity contribution >= 4 is 53.3 Å². The van der Waals surface area contributed by atoms with Crippen molar-refractivity contribution in [3.05, 3.63) is 188 Å². The highest BCUT2D eigenvalue weighted by Crippen LogP contribution is 2.41. The van der Waals surface area contributed by atoms with Crippen molar-refractivity contribution in [2.75, 3.05) is 0 Å². The molecule has 10 aromatic rings. The minimum absolute atomic E-state index is 1.16. The molecule has 0 aliphatic heterocycles. The van der Waals surface area contributed by atoms with Crippen LogP contribution in [0.3, 0.4) is 0 Å². The third kappa shape index (κ3) is 4.84. The minimum Gasteiger partial charge on any atom is -0.309 e. The molecule has 0 saturated carbocycles. The highest BCUT2D eigenvalue weighted by atomic mass is 32.1. The second-order valence-electron chi connectivity index (χ2n) is 13.0. The quantitative estimate of drug-likeness (QED) is 0.174. The molecule has 2 heterocycles. The average Bonchev–Trinajstić information content (AvgIpc) is 3.73. The Bertz CT molecular complexity index is 2790. The molecule has 0 aliphatic rings.